The molecule has 3 rings (SSSR count). The third-order valence-corrected chi connectivity index (χ3v) is 10.2. The Labute approximate surface area is 177 Å². The molecule has 1 aliphatic rings. The number of hydrogen-bond acceptors (Lipinski definition) is 6. The Bertz CT molecular complexity index is 1020. The summed E-state index contributed by atoms with van der Waals surface area (Å²) in [6, 6.07) is 0. The van der Waals surface area contributed by atoms with E-state index in [1.165, 1.54) is 6.33 Å². The maximum atomic E-state index is 12.4. The lowest BCUT2D eigenvalue weighted by atomic mass is 10.2. The van der Waals surface area contributed by atoms with Crippen molar-refractivity contribution in [2.45, 2.75) is 65.1 Å². The maximum Gasteiger partial charge on any atom is 0.280 e. The van der Waals surface area contributed by atoms with E-state index in [0.29, 0.717) is 12.3 Å². The number of aromatic nitrogens is 4. The van der Waals surface area contributed by atoms with Crippen molar-refractivity contribution >= 4 is 31.3 Å². The summed E-state index contributed by atoms with van der Waals surface area (Å²) in [4.78, 5) is 35.4. The Kier molecular flexibility index (Phi) is 6.03. The lowest BCUT2D eigenvalue weighted by molar-refractivity contribution is -0.118. The molecule has 0 bridgehead atoms. The molecular formula is C20H31N5O4Si. The highest BCUT2D eigenvalue weighted by Gasteiger charge is 2.38. The molecule has 0 unspecified atom stereocenters. The summed E-state index contributed by atoms with van der Waals surface area (Å²) in [6.45, 7) is 15.0. The Morgan fingerprint density at radius 2 is 2.07 bits per heavy atom. The van der Waals surface area contributed by atoms with Crippen molar-refractivity contribution in [2.24, 2.45) is 5.92 Å². The van der Waals surface area contributed by atoms with Crippen molar-refractivity contribution < 1.29 is 14.0 Å². The standard InChI is InChI=1S/C20H31N5O4Si/c1-12(2)17(26)23-19-22-16-15(18(27)24-19)21-11-25(16)14-9-8-13(29-14)10-28-30(6,7)20(3,4)5/h8-9,11-14H,10H2,1-7H3,(H2,22,23,24,26,27)/t13-,14+/m0/s1. The topological polar surface area (TPSA) is 111 Å². The number of ether oxygens (including phenoxy) is 1. The summed E-state index contributed by atoms with van der Waals surface area (Å²) in [5.74, 6) is -0.380. The van der Waals surface area contributed by atoms with Crippen molar-refractivity contribution in [2.75, 3.05) is 11.9 Å². The van der Waals surface area contributed by atoms with Gasteiger partial charge in [0.1, 0.15) is 6.10 Å². The van der Waals surface area contributed by atoms with Gasteiger partial charge in [-0.3, -0.25) is 24.5 Å². The predicted octanol–water partition coefficient (Wildman–Crippen LogP) is 3.19. The van der Waals surface area contributed by atoms with E-state index in [2.05, 4.69) is 54.1 Å². The number of hydrogen-bond donors (Lipinski definition) is 2. The van der Waals surface area contributed by atoms with Gasteiger partial charge in [0.05, 0.1) is 12.9 Å². The molecule has 0 saturated carbocycles. The Morgan fingerprint density at radius 1 is 1.37 bits per heavy atom. The summed E-state index contributed by atoms with van der Waals surface area (Å²) in [5, 5.41) is 2.74. The van der Waals surface area contributed by atoms with E-state index in [-0.39, 0.29) is 34.4 Å². The molecule has 2 aromatic rings. The number of rotatable bonds is 6. The summed E-state index contributed by atoms with van der Waals surface area (Å²) < 4.78 is 14.0. The number of nitrogens with one attached hydrogen (secondary N) is 2. The second-order valence-corrected chi connectivity index (χ2v) is 14.2. The Balaban J connectivity index is 1.76. The van der Waals surface area contributed by atoms with Crippen LogP contribution in [0.2, 0.25) is 18.1 Å². The molecule has 164 valence electrons. The molecule has 2 N–H and O–H groups in total. The van der Waals surface area contributed by atoms with E-state index in [0.717, 1.165) is 0 Å². The van der Waals surface area contributed by atoms with E-state index in [1.54, 1.807) is 18.4 Å². The van der Waals surface area contributed by atoms with Gasteiger partial charge in [-0.05, 0) is 24.2 Å². The summed E-state index contributed by atoms with van der Waals surface area (Å²) in [7, 11) is -1.88. The van der Waals surface area contributed by atoms with E-state index < -0.39 is 20.1 Å². The smallest absolute Gasteiger partial charge is 0.280 e. The first-order valence-electron chi connectivity index (χ1n) is 10.1. The SMILES string of the molecule is CC(C)C(=O)Nc1nc2c(ncn2[C@H]2C=C[C@@H](CO[Si](C)(C)C(C)(C)C)O2)c(=O)[nH]1. The molecule has 3 heterocycles. The van der Waals surface area contributed by atoms with Gasteiger partial charge in [-0.25, -0.2) is 4.98 Å². The lowest BCUT2D eigenvalue weighted by Crippen LogP contribution is -2.42. The molecule has 10 heteroatoms. The van der Waals surface area contributed by atoms with Gasteiger partial charge in [0, 0.05) is 5.92 Å². The van der Waals surface area contributed by atoms with Crippen molar-refractivity contribution in [3.05, 3.63) is 28.8 Å². The number of imidazole rings is 1. The zero-order valence-corrected chi connectivity index (χ0v) is 19.6. The fraction of sp³-hybridized carbons (Fsp3) is 0.600. The molecule has 0 fully saturated rings. The first kappa shape index (κ1) is 22.4. The number of anilines is 1. The molecule has 30 heavy (non-hydrogen) atoms. The second-order valence-electron chi connectivity index (χ2n) is 9.40. The summed E-state index contributed by atoms with van der Waals surface area (Å²) >= 11 is 0. The van der Waals surface area contributed by atoms with Crippen LogP contribution in [-0.2, 0) is 14.0 Å². The number of H-pyrrole nitrogens is 1. The molecule has 0 radical (unpaired) electrons. The van der Waals surface area contributed by atoms with Gasteiger partial charge >= 0.3 is 0 Å². The van der Waals surface area contributed by atoms with Gasteiger partial charge in [0.25, 0.3) is 5.56 Å². The van der Waals surface area contributed by atoms with Crippen LogP contribution in [-0.4, -0.2) is 46.5 Å². The van der Waals surface area contributed by atoms with Gasteiger partial charge in [-0.1, -0.05) is 40.7 Å². The van der Waals surface area contributed by atoms with Crippen LogP contribution in [0.1, 0.15) is 40.8 Å². The number of carbonyl (C=O) groups is 1. The Hall–Kier alpha value is -2.30. The molecule has 1 amide bonds. The van der Waals surface area contributed by atoms with Crippen molar-refractivity contribution in [1.29, 1.82) is 0 Å². The van der Waals surface area contributed by atoms with Crippen LogP contribution in [0.25, 0.3) is 11.2 Å². The largest absolute Gasteiger partial charge is 0.414 e. The molecule has 1 aliphatic heterocycles. The quantitative estimate of drug-likeness (QED) is 0.535. The van der Waals surface area contributed by atoms with Crippen LogP contribution in [0, 0.1) is 5.92 Å². The number of aromatic amines is 1. The third-order valence-electron chi connectivity index (χ3n) is 5.69. The molecular weight excluding hydrogens is 402 g/mol. The van der Waals surface area contributed by atoms with Crippen LogP contribution < -0.4 is 10.9 Å². The number of amides is 1. The highest BCUT2D eigenvalue weighted by molar-refractivity contribution is 6.74. The summed E-state index contributed by atoms with van der Waals surface area (Å²) in [6.07, 6.45) is 4.73. The minimum atomic E-state index is -1.88. The maximum absolute atomic E-state index is 12.4. The molecule has 0 spiro atoms. The van der Waals surface area contributed by atoms with Crippen LogP contribution in [0.4, 0.5) is 5.95 Å². The molecule has 9 nitrogen and oxygen atoms in total. The van der Waals surface area contributed by atoms with E-state index >= 15 is 0 Å². The zero-order valence-electron chi connectivity index (χ0n) is 18.6. The van der Waals surface area contributed by atoms with Gasteiger partial charge in [0.15, 0.2) is 25.7 Å². The summed E-state index contributed by atoms with van der Waals surface area (Å²) in [5.41, 5.74) is 0.117. The number of fused-ring (bicyclic) bond motifs is 1. The average Bonchev–Trinajstić information content (AvgIpc) is 3.25. The molecule has 0 aliphatic carbocycles. The van der Waals surface area contributed by atoms with Gasteiger partial charge in [-0.15, -0.1) is 0 Å². The molecule has 0 saturated heterocycles. The van der Waals surface area contributed by atoms with Gasteiger partial charge < -0.3 is 9.16 Å². The minimum absolute atomic E-state index is 0.0905. The van der Waals surface area contributed by atoms with Crippen LogP contribution in [0.3, 0.4) is 0 Å². The fourth-order valence-corrected chi connectivity index (χ4v) is 3.70. The Morgan fingerprint density at radius 3 is 2.70 bits per heavy atom. The lowest BCUT2D eigenvalue weighted by Gasteiger charge is -2.36. The van der Waals surface area contributed by atoms with E-state index in [9.17, 15) is 9.59 Å². The fourth-order valence-electron chi connectivity index (χ4n) is 2.68. The van der Waals surface area contributed by atoms with Crippen LogP contribution in [0.5, 0.6) is 0 Å². The van der Waals surface area contributed by atoms with Crippen molar-refractivity contribution in [3.63, 3.8) is 0 Å². The van der Waals surface area contributed by atoms with Gasteiger partial charge in [0.2, 0.25) is 11.9 Å². The monoisotopic (exact) mass is 433 g/mol. The van der Waals surface area contributed by atoms with Gasteiger partial charge in [-0.2, -0.15) is 4.98 Å². The minimum Gasteiger partial charge on any atom is -0.414 e. The highest BCUT2D eigenvalue weighted by atomic mass is 28.4. The first-order chi connectivity index (χ1) is 13.9. The van der Waals surface area contributed by atoms with Crippen molar-refractivity contribution in [1.82, 2.24) is 19.5 Å². The van der Waals surface area contributed by atoms with Crippen LogP contribution >= 0.6 is 0 Å². The molecule has 2 atom stereocenters. The number of carbonyl (C=O) groups excluding carboxylic acids is 1. The first-order valence-corrected chi connectivity index (χ1v) is 13.1. The molecule has 2 aromatic heterocycles. The third kappa shape index (κ3) is 4.55. The average molecular weight is 434 g/mol. The number of nitrogens with zero attached hydrogens (tertiary/aromatic N) is 3. The molecule has 0 aromatic carbocycles. The normalized spacial score (nSPS) is 19.7. The zero-order chi connectivity index (χ0) is 22.3. The highest BCUT2D eigenvalue weighted by Crippen LogP contribution is 2.37. The van der Waals surface area contributed by atoms with Crippen molar-refractivity contribution in [3.8, 4) is 0 Å². The predicted molar refractivity (Wildman–Crippen MR) is 118 cm³/mol. The van der Waals surface area contributed by atoms with E-state index in [1.807, 2.05) is 12.2 Å². The van der Waals surface area contributed by atoms with Crippen LogP contribution in [0.15, 0.2) is 23.3 Å². The van der Waals surface area contributed by atoms with E-state index in [4.69, 9.17) is 9.16 Å². The second kappa shape index (κ2) is 8.08.